The molecule has 0 saturated carbocycles. The summed E-state index contributed by atoms with van der Waals surface area (Å²) in [6.07, 6.45) is 3.68. The molecule has 96 valence electrons. The molecule has 0 aliphatic rings. The summed E-state index contributed by atoms with van der Waals surface area (Å²) >= 11 is 0. The van der Waals surface area contributed by atoms with E-state index in [1.807, 2.05) is 24.0 Å². The van der Waals surface area contributed by atoms with Gasteiger partial charge in [-0.15, -0.1) is 0 Å². The lowest BCUT2D eigenvalue weighted by Gasteiger charge is -2.25. The van der Waals surface area contributed by atoms with Crippen LogP contribution in [-0.4, -0.2) is 9.78 Å². The summed E-state index contributed by atoms with van der Waals surface area (Å²) in [7, 11) is 1.97. The fourth-order valence-corrected chi connectivity index (χ4v) is 2.18. The van der Waals surface area contributed by atoms with Crippen molar-refractivity contribution in [2.24, 2.45) is 12.8 Å². The molecule has 2 aromatic rings. The van der Waals surface area contributed by atoms with Gasteiger partial charge in [-0.05, 0) is 38.3 Å². The van der Waals surface area contributed by atoms with Gasteiger partial charge < -0.3 is 5.73 Å². The van der Waals surface area contributed by atoms with Gasteiger partial charge in [-0.25, -0.2) is 0 Å². The zero-order valence-electron chi connectivity index (χ0n) is 11.4. The molecule has 0 spiro atoms. The molecule has 1 heterocycles. The minimum absolute atomic E-state index is 0.295. The van der Waals surface area contributed by atoms with Crippen molar-refractivity contribution < 1.29 is 0 Å². The average Bonchev–Trinajstić information content (AvgIpc) is 2.72. The molecule has 0 radical (unpaired) electrons. The summed E-state index contributed by atoms with van der Waals surface area (Å²) in [6.45, 7) is 4.19. The third kappa shape index (κ3) is 2.79. The van der Waals surface area contributed by atoms with E-state index < -0.39 is 0 Å². The SMILES string of the molecule is Cc1cccc(C(C)(N)CCc2ccnn2C)c1. The first-order valence-corrected chi connectivity index (χ1v) is 6.32. The Hall–Kier alpha value is -1.61. The van der Waals surface area contributed by atoms with Gasteiger partial charge in [0.25, 0.3) is 0 Å². The monoisotopic (exact) mass is 243 g/mol. The molecule has 2 N–H and O–H groups in total. The number of rotatable bonds is 4. The van der Waals surface area contributed by atoms with Gasteiger partial charge in [0.15, 0.2) is 0 Å². The summed E-state index contributed by atoms with van der Waals surface area (Å²) in [6, 6.07) is 10.5. The minimum atomic E-state index is -0.295. The van der Waals surface area contributed by atoms with Gasteiger partial charge in [0.05, 0.1) is 0 Å². The maximum Gasteiger partial charge on any atom is 0.0492 e. The van der Waals surface area contributed by atoms with Crippen LogP contribution in [-0.2, 0) is 19.0 Å². The van der Waals surface area contributed by atoms with E-state index in [9.17, 15) is 0 Å². The predicted molar refractivity (Wildman–Crippen MR) is 74.2 cm³/mol. The average molecular weight is 243 g/mol. The molecule has 18 heavy (non-hydrogen) atoms. The smallest absolute Gasteiger partial charge is 0.0492 e. The molecule has 1 unspecified atom stereocenters. The molecule has 3 heteroatoms. The highest BCUT2D eigenvalue weighted by molar-refractivity contribution is 5.28. The molecule has 3 nitrogen and oxygen atoms in total. The van der Waals surface area contributed by atoms with Crippen molar-refractivity contribution in [2.45, 2.75) is 32.2 Å². The zero-order valence-corrected chi connectivity index (χ0v) is 11.4. The molecular formula is C15H21N3. The van der Waals surface area contributed by atoms with E-state index in [1.54, 1.807) is 0 Å². The molecule has 0 saturated heterocycles. The second-order valence-electron chi connectivity index (χ2n) is 5.23. The van der Waals surface area contributed by atoms with Crippen LogP contribution in [0.25, 0.3) is 0 Å². The van der Waals surface area contributed by atoms with Crippen LogP contribution in [0.5, 0.6) is 0 Å². The number of benzene rings is 1. The predicted octanol–water partition coefficient (Wildman–Crippen LogP) is 2.54. The summed E-state index contributed by atoms with van der Waals surface area (Å²) in [4.78, 5) is 0. The van der Waals surface area contributed by atoms with Crippen LogP contribution < -0.4 is 5.73 Å². The summed E-state index contributed by atoms with van der Waals surface area (Å²) in [5, 5.41) is 4.18. The molecule has 2 rings (SSSR count). The first-order chi connectivity index (χ1) is 8.49. The van der Waals surface area contributed by atoms with Crippen molar-refractivity contribution >= 4 is 0 Å². The van der Waals surface area contributed by atoms with E-state index in [-0.39, 0.29) is 5.54 Å². The number of nitrogens with zero attached hydrogens (tertiary/aromatic N) is 2. The Morgan fingerprint density at radius 1 is 1.33 bits per heavy atom. The summed E-state index contributed by atoms with van der Waals surface area (Å²) in [5.41, 5.74) is 9.82. The third-order valence-electron chi connectivity index (χ3n) is 3.50. The van der Waals surface area contributed by atoms with E-state index in [2.05, 4.69) is 43.2 Å². The van der Waals surface area contributed by atoms with Gasteiger partial charge in [0.2, 0.25) is 0 Å². The van der Waals surface area contributed by atoms with Crippen LogP contribution in [0.3, 0.4) is 0 Å². The maximum absolute atomic E-state index is 6.44. The highest BCUT2D eigenvalue weighted by Crippen LogP contribution is 2.24. The molecule has 0 fully saturated rings. The van der Waals surface area contributed by atoms with Crippen LogP contribution in [0.4, 0.5) is 0 Å². The van der Waals surface area contributed by atoms with E-state index in [1.165, 1.54) is 16.8 Å². The Morgan fingerprint density at radius 3 is 2.72 bits per heavy atom. The van der Waals surface area contributed by atoms with E-state index in [0.29, 0.717) is 0 Å². The van der Waals surface area contributed by atoms with Gasteiger partial charge in [-0.2, -0.15) is 5.10 Å². The maximum atomic E-state index is 6.44. The molecule has 0 amide bonds. The Kier molecular flexibility index (Phi) is 3.53. The summed E-state index contributed by atoms with van der Waals surface area (Å²) in [5.74, 6) is 0. The molecule has 1 aromatic heterocycles. The second-order valence-corrected chi connectivity index (χ2v) is 5.23. The number of nitrogens with two attached hydrogens (primary N) is 1. The third-order valence-corrected chi connectivity index (χ3v) is 3.50. The molecule has 0 bridgehead atoms. The second kappa shape index (κ2) is 4.94. The fourth-order valence-electron chi connectivity index (χ4n) is 2.18. The Bertz CT molecular complexity index is 526. The van der Waals surface area contributed by atoms with Gasteiger partial charge in [-0.1, -0.05) is 29.8 Å². The van der Waals surface area contributed by atoms with E-state index >= 15 is 0 Å². The van der Waals surface area contributed by atoms with Gasteiger partial charge in [0.1, 0.15) is 0 Å². The quantitative estimate of drug-likeness (QED) is 0.896. The standard InChI is InChI=1S/C15H21N3/c1-12-5-4-6-13(11-12)15(2,16)9-7-14-8-10-17-18(14)3/h4-6,8,10-11H,7,9,16H2,1-3H3. The van der Waals surface area contributed by atoms with Crippen molar-refractivity contribution in [2.75, 3.05) is 0 Å². The van der Waals surface area contributed by atoms with Crippen LogP contribution in [0.1, 0.15) is 30.2 Å². The van der Waals surface area contributed by atoms with Crippen LogP contribution in [0.15, 0.2) is 36.5 Å². The lowest BCUT2D eigenvalue weighted by molar-refractivity contribution is 0.445. The van der Waals surface area contributed by atoms with Crippen molar-refractivity contribution in [3.63, 3.8) is 0 Å². The number of aromatic nitrogens is 2. The molecule has 1 aromatic carbocycles. The van der Waals surface area contributed by atoms with Gasteiger partial charge in [-0.3, -0.25) is 4.68 Å². The minimum Gasteiger partial charge on any atom is -0.322 e. The number of aryl methyl sites for hydroxylation is 3. The Balaban J connectivity index is 2.10. The van der Waals surface area contributed by atoms with Gasteiger partial charge >= 0.3 is 0 Å². The van der Waals surface area contributed by atoms with Gasteiger partial charge in [0, 0.05) is 24.5 Å². The topological polar surface area (TPSA) is 43.8 Å². The van der Waals surface area contributed by atoms with E-state index in [4.69, 9.17) is 5.73 Å². The zero-order chi connectivity index (χ0) is 13.2. The lowest BCUT2D eigenvalue weighted by Crippen LogP contribution is -2.33. The van der Waals surface area contributed by atoms with Crippen molar-refractivity contribution in [1.29, 1.82) is 0 Å². The lowest BCUT2D eigenvalue weighted by atomic mass is 9.87. The number of hydrogen-bond acceptors (Lipinski definition) is 2. The highest BCUT2D eigenvalue weighted by Gasteiger charge is 2.21. The molecule has 0 aliphatic carbocycles. The highest BCUT2D eigenvalue weighted by atomic mass is 15.2. The summed E-state index contributed by atoms with van der Waals surface area (Å²) < 4.78 is 1.91. The van der Waals surface area contributed by atoms with E-state index in [0.717, 1.165) is 12.8 Å². The normalized spacial score (nSPS) is 14.4. The Labute approximate surface area is 109 Å². The van der Waals surface area contributed by atoms with Crippen LogP contribution in [0.2, 0.25) is 0 Å². The largest absolute Gasteiger partial charge is 0.322 e. The molecule has 0 aliphatic heterocycles. The molecular weight excluding hydrogens is 222 g/mol. The van der Waals surface area contributed by atoms with Crippen molar-refractivity contribution in [3.05, 3.63) is 53.3 Å². The fraction of sp³-hybridized carbons (Fsp3) is 0.400. The van der Waals surface area contributed by atoms with Crippen LogP contribution in [0, 0.1) is 6.92 Å². The van der Waals surface area contributed by atoms with Crippen molar-refractivity contribution in [3.8, 4) is 0 Å². The van der Waals surface area contributed by atoms with Crippen molar-refractivity contribution in [1.82, 2.24) is 9.78 Å². The van der Waals surface area contributed by atoms with Crippen LogP contribution >= 0.6 is 0 Å². The Morgan fingerprint density at radius 2 is 2.11 bits per heavy atom. The molecule has 1 atom stereocenters. The number of hydrogen-bond donors (Lipinski definition) is 1. The first-order valence-electron chi connectivity index (χ1n) is 6.32. The first kappa shape index (κ1) is 12.8.